The number of hydrogen-bond acceptors (Lipinski definition) is 4. The first-order valence-corrected chi connectivity index (χ1v) is 7.73. The van der Waals surface area contributed by atoms with Crippen LogP contribution < -0.4 is 10.1 Å². The van der Waals surface area contributed by atoms with Crippen LogP contribution in [0.1, 0.15) is 37.5 Å². The first-order valence-electron chi connectivity index (χ1n) is 7.73. The number of nitrogens with one attached hydrogen (secondary N) is 1. The number of nitrogens with zero attached hydrogens (tertiary/aromatic N) is 1. The molecule has 2 aromatic rings. The van der Waals surface area contributed by atoms with E-state index in [1.165, 1.54) is 0 Å². The third-order valence-corrected chi connectivity index (χ3v) is 3.31. The SMILES string of the molecule is CC(C)Oc1ccc(C#N)cc1NC(=O)CC(O)c1ccccc1. The minimum Gasteiger partial charge on any atom is -0.489 e. The zero-order chi connectivity index (χ0) is 17.5. The van der Waals surface area contributed by atoms with Gasteiger partial charge in [0.1, 0.15) is 5.75 Å². The molecule has 0 heterocycles. The van der Waals surface area contributed by atoms with E-state index in [0.717, 1.165) is 0 Å². The second-order valence-electron chi connectivity index (χ2n) is 5.67. The molecule has 0 aliphatic rings. The molecule has 2 aromatic carbocycles. The van der Waals surface area contributed by atoms with Crippen LogP contribution in [0.15, 0.2) is 48.5 Å². The summed E-state index contributed by atoms with van der Waals surface area (Å²) in [6.07, 6.45) is -1.04. The van der Waals surface area contributed by atoms with E-state index in [2.05, 4.69) is 5.32 Å². The molecule has 0 fully saturated rings. The zero-order valence-electron chi connectivity index (χ0n) is 13.7. The van der Waals surface area contributed by atoms with Gasteiger partial charge in [0.15, 0.2) is 0 Å². The van der Waals surface area contributed by atoms with Crippen molar-refractivity contribution in [1.29, 1.82) is 5.26 Å². The first-order chi connectivity index (χ1) is 11.5. The van der Waals surface area contributed by atoms with Gasteiger partial charge in [0.25, 0.3) is 0 Å². The minimum atomic E-state index is -0.889. The van der Waals surface area contributed by atoms with Gasteiger partial charge in [-0.15, -0.1) is 0 Å². The molecule has 2 N–H and O–H groups in total. The van der Waals surface area contributed by atoms with Crippen molar-refractivity contribution < 1.29 is 14.6 Å². The van der Waals surface area contributed by atoms with Crippen LogP contribution in [-0.2, 0) is 4.79 Å². The molecule has 0 spiro atoms. The summed E-state index contributed by atoms with van der Waals surface area (Å²) in [6.45, 7) is 3.76. The van der Waals surface area contributed by atoms with Crippen LogP contribution in [-0.4, -0.2) is 17.1 Å². The molecule has 1 unspecified atom stereocenters. The monoisotopic (exact) mass is 324 g/mol. The highest BCUT2D eigenvalue weighted by Crippen LogP contribution is 2.27. The number of carbonyl (C=O) groups is 1. The van der Waals surface area contributed by atoms with Crippen molar-refractivity contribution in [3.63, 3.8) is 0 Å². The van der Waals surface area contributed by atoms with Crippen molar-refractivity contribution in [3.05, 3.63) is 59.7 Å². The lowest BCUT2D eigenvalue weighted by molar-refractivity contribution is -0.118. The number of aliphatic hydroxyl groups is 1. The molecule has 0 radical (unpaired) electrons. The maximum absolute atomic E-state index is 12.2. The van der Waals surface area contributed by atoms with E-state index in [-0.39, 0.29) is 18.4 Å². The molecule has 5 nitrogen and oxygen atoms in total. The van der Waals surface area contributed by atoms with E-state index in [1.807, 2.05) is 26.0 Å². The molecular formula is C19H20N2O3. The minimum absolute atomic E-state index is 0.0662. The number of nitriles is 1. The summed E-state index contributed by atoms with van der Waals surface area (Å²) in [5.41, 5.74) is 1.52. The van der Waals surface area contributed by atoms with Crippen molar-refractivity contribution in [2.24, 2.45) is 0 Å². The molecule has 1 amide bonds. The Morgan fingerprint density at radius 3 is 2.58 bits per heavy atom. The fourth-order valence-corrected chi connectivity index (χ4v) is 2.22. The summed E-state index contributed by atoms with van der Waals surface area (Å²) < 4.78 is 5.65. The molecule has 2 rings (SSSR count). The van der Waals surface area contributed by atoms with Gasteiger partial charge in [-0.05, 0) is 37.6 Å². The topological polar surface area (TPSA) is 82.3 Å². The van der Waals surface area contributed by atoms with Crippen LogP contribution in [0.5, 0.6) is 5.75 Å². The van der Waals surface area contributed by atoms with Crippen molar-refractivity contribution in [2.45, 2.75) is 32.5 Å². The van der Waals surface area contributed by atoms with Gasteiger partial charge in [-0.1, -0.05) is 30.3 Å². The van der Waals surface area contributed by atoms with Gasteiger partial charge in [0.05, 0.1) is 35.9 Å². The van der Waals surface area contributed by atoms with Crippen LogP contribution in [0.25, 0.3) is 0 Å². The number of hydrogen-bond donors (Lipinski definition) is 2. The van der Waals surface area contributed by atoms with E-state index >= 15 is 0 Å². The lowest BCUT2D eigenvalue weighted by Gasteiger charge is -2.16. The van der Waals surface area contributed by atoms with Crippen LogP contribution in [0.4, 0.5) is 5.69 Å². The number of amides is 1. The molecular weight excluding hydrogens is 304 g/mol. The highest BCUT2D eigenvalue weighted by Gasteiger charge is 2.15. The van der Waals surface area contributed by atoms with Crippen LogP contribution >= 0.6 is 0 Å². The van der Waals surface area contributed by atoms with E-state index in [9.17, 15) is 9.90 Å². The van der Waals surface area contributed by atoms with Gasteiger partial charge < -0.3 is 15.2 Å². The summed E-state index contributed by atoms with van der Waals surface area (Å²) in [4.78, 5) is 12.2. The fraction of sp³-hybridized carbons (Fsp3) is 0.263. The Labute approximate surface area is 141 Å². The van der Waals surface area contributed by atoms with Gasteiger partial charge in [0, 0.05) is 0 Å². The number of aliphatic hydroxyl groups excluding tert-OH is 1. The van der Waals surface area contributed by atoms with Gasteiger partial charge in [0.2, 0.25) is 5.91 Å². The molecule has 1 atom stereocenters. The predicted octanol–water partition coefficient (Wildman–Crippen LogP) is 3.41. The van der Waals surface area contributed by atoms with E-state index in [1.54, 1.807) is 42.5 Å². The molecule has 0 bridgehead atoms. The van der Waals surface area contributed by atoms with Crippen LogP contribution in [0.2, 0.25) is 0 Å². The highest BCUT2D eigenvalue weighted by atomic mass is 16.5. The molecule has 0 aliphatic carbocycles. The molecule has 0 aliphatic heterocycles. The Morgan fingerprint density at radius 2 is 1.96 bits per heavy atom. The summed E-state index contributed by atoms with van der Waals surface area (Å²) >= 11 is 0. The normalized spacial score (nSPS) is 11.6. The first kappa shape index (κ1) is 17.5. The highest BCUT2D eigenvalue weighted by molar-refractivity contribution is 5.92. The van der Waals surface area contributed by atoms with Gasteiger partial charge in [-0.3, -0.25) is 4.79 Å². The second-order valence-corrected chi connectivity index (χ2v) is 5.67. The summed E-state index contributed by atoms with van der Waals surface area (Å²) in [7, 11) is 0. The third-order valence-electron chi connectivity index (χ3n) is 3.31. The Hall–Kier alpha value is -2.84. The predicted molar refractivity (Wildman–Crippen MR) is 91.6 cm³/mol. The third kappa shape index (κ3) is 4.83. The Kier molecular flexibility index (Phi) is 5.94. The number of anilines is 1. The standard InChI is InChI=1S/C19H20N2O3/c1-13(2)24-18-9-8-14(12-20)10-16(18)21-19(23)11-17(22)15-6-4-3-5-7-15/h3-10,13,17,22H,11H2,1-2H3,(H,21,23). The molecule has 0 saturated carbocycles. The molecule has 24 heavy (non-hydrogen) atoms. The van der Waals surface area contributed by atoms with Gasteiger partial charge in [-0.2, -0.15) is 5.26 Å². The lowest BCUT2D eigenvalue weighted by Crippen LogP contribution is -2.17. The van der Waals surface area contributed by atoms with Crippen molar-refractivity contribution in [2.75, 3.05) is 5.32 Å². The fourth-order valence-electron chi connectivity index (χ4n) is 2.22. The maximum atomic E-state index is 12.2. The smallest absolute Gasteiger partial charge is 0.227 e. The Bertz CT molecular complexity index is 736. The summed E-state index contributed by atoms with van der Waals surface area (Å²) in [5, 5.41) is 21.9. The quantitative estimate of drug-likeness (QED) is 0.853. The second kappa shape index (κ2) is 8.14. The molecule has 0 aromatic heterocycles. The lowest BCUT2D eigenvalue weighted by atomic mass is 10.1. The van der Waals surface area contributed by atoms with Crippen molar-refractivity contribution >= 4 is 11.6 Å². The van der Waals surface area contributed by atoms with E-state index in [4.69, 9.17) is 10.00 Å². The van der Waals surface area contributed by atoms with Gasteiger partial charge >= 0.3 is 0 Å². The Balaban J connectivity index is 2.11. The molecule has 124 valence electrons. The Morgan fingerprint density at radius 1 is 1.25 bits per heavy atom. The average Bonchev–Trinajstić information content (AvgIpc) is 2.56. The number of ether oxygens (including phenoxy) is 1. The van der Waals surface area contributed by atoms with E-state index < -0.39 is 6.10 Å². The average molecular weight is 324 g/mol. The number of carbonyl (C=O) groups excluding carboxylic acids is 1. The zero-order valence-corrected chi connectivity index (χ0v) is 13.7. The molecule has 5 heteroatoms. The summed E-state index contributed by atoms with van der Waals surface area (Å²) in [5.74, 6) is 0.140. The summed E-state index contributed by atoms with van der Waals surface area (Å²) in [6, 6.07) is 15.9. The van der Waals surface area contributed by atoms with Crippen molar-refractivity contribution in [3.8, 4) is 11.8 Å². The maximum Gasteiger partial charge on any atom is 0.227 e. The number of rotatable bonds is 6. The van der Waals surface area contributed by atoms with E-state index in [0.29, 0.717) is 22.6 Å². The van der Waals surface area contributed by atoms with Gasteiger partial charge in [-0.25, -0.2) is 0 Å². The van der Waals surface area contributed by atoms with Crippen LogP contribution in [0.3, 0.4) is 0 Å². The van der Waals surface area contributed by atoms with Crippen molar-refractivity contribution in [1.82, 2.24) is 0 Å². The van der Waals surface area contributed by atoms with Crippen LogP contribution in [0, 0.1) is 11.3 Å². The largest absolute Gasteiger partial charge is 0.489 e. The number of benzene rings is 2. The molecule has 0 saturated heterocycles.